The monoisotopic (exact) mass is 959 g/mol. The van der Waals surface area contributed by atoms with E-state index in [1.165, 1.54) is 83.5 Å². The quantitative estimate of drug-likeness (QED) is 0.0262. The summed E-state index contributed by atoms with van der Waals surface area (Å²) in [5.41, 5.74) is 0. The van der Waals surface area contributed by atoms with Crippen LogP contribution in [0.3, 0.4) is 0 Å². The van der Waals surface area contributed by atoms with Gasteiger partial charge in [-0.25, -0.2) is 0 Å². The Kier molecular flexibility index (Phi) is 53.9. The second-order valence-corrected chi connectivity index (χ2v) is 18.8. The number of hydrogen-bond acceptors (Lipinski definition) is 6. The van der Waals surface area contributed by atoms with Gasteiger partial charge in [-0.15, -0.1) is 0 Å². The third-order valence-corrected chi connectivity index (χ3v) is 12.0. The van der Waals surface area contributed by atoms with Gasteiger partial charge in [0.05, 0.1) is 0 Å². The Morgan fingerprint density at radius 3 is 0.884 bits per heavy atom. The summed E-state index contributed by atoms with van der Waals surface area (Å²) in [6, 6.07) is 0. The van der Waals surface area contributed by atoms with Gasteiger partial charge in [0.25, 0.3) is 0 Å². The van der Waals surface area contributed by atoms with Crippen LogP contribution in [-0.4, -0.2) is 37.2 Å². The number of unbranched alkanes of at least 4 members (excludes halogenated alkanes) is 24. The third kappa shape index (κ3) is 55.1. The second-order valence-electron chi connectivity index (χ2n) is 18.8. The summed E-state index contributed by atoms with van der Waals surface area (Å²) >= 11 is 0. The molecule has 0 saturated heterocycles. The van der Waals surface area contributed by atoms with Crippen molar-refractivity contribution in [3.8, 4) is 0 Å². The topological polar surface area (TPSA) is 78.9 Å². The van der Waals surface area contributed by atoms with Crippen LogP contribution >= 0.6 is 0 Å². The zero-order chi connectivity index (χ0) is 50.0. The SMILES string of the molecule is CC/C=C\C/C=C\C/C=C\C/C=C\CCCCCCCCCCC(=O)OCC(COC(=O)CCCCCCC/C=C\C/C=C\CCCCC)OC(=O)CCCCCCC/C=C\C/C=C\CCCCC. The van der Waals surface area contributed by atoms with Crippen molar-refractivity contribution in [2.75, 3.05) is 13.2 Å². The molecule has 0 aromatic heterocycles. The van der Waals surface area contributed by atoms with Crippen LogP contribution in [0.1, 0.15) is 265 Å². The van der Waals surface area contributed by atoms with Gasteiger partial charge < -0.3 is 14.2 Å². The van der Waals surface area contributed by atoms with Gasteiger partial charge in [0.2, 0.25) is 0 Å². The minimum atomic E-state index is -0.795. The number of rotatable bonds is 51. The molecule has 0 fully saturated rings. The fraction of sp³-hybridized carbons (Fsp3) is 0.698. The summed E-state index contributed by atoms with van der Waals surface area (Å²) in [6.45, 7) is 6.45. The van der Waals surface area contributed by atoms with Crippen molar-refractivity contribution in [3.63, 3.8) is 0 Å². The lowest BCUT2D eigenvalue weighted by Crippen LogP contribution is -2.30. The zero-order valence-corrected chi connectivity index (χ0v) is 45.0. The highest BCUT2D eigenvalue weighted by Gasteiger charge is 2.19. The summed E-state index contributed by atoms with van der Waals surface area (Å²) in [5, 5.41) is 0. The van der Waals surface area contributed by atoms with Gasteiger partial charge in [0.1, 0.15) is 13.2 Å². The predicted octanol–water partition coefficient (Wildman–Crippen LogP) is 19.3. The highest BCUT2D eigenvalue weighted by molar-refractivity contribution is 5.71. The average molecular weight is 960 g/mol. The fourth-order valence-electron chi connectivity index (χ4n) is 7.73. The van der Waals surface area contributed by atoms with Crippen LogP contribution in [0.15, 0.2) is 97.2 Å². The van der Waals surface area contributed by atoms with E-state index in [0.29, 0.717) is 19.3 Å². The first-order chi connectivity index (χ1) is 34.0. The Morgan fingerprint density at radius 1 is 0.304 bits per heavy atom. The number of ether oxygens (including phenoxy) is 3. The second kappa shape index (κ2) is 56.9. The summed E-state index contributed by atoms with van der Waals surface area (Å²) in [6.07, 6.45) is 75.3. The van der Waals surface area contributed by atoms with Crippen molar-refractivity contribution in [2.24, 2.45) is 0 Å². The van der Waals surface area contributed by atoms with Gasteiger partial charge in [0, 0.05) is 19.3 Å². The summed E-state index contributed by atoms with van der Waals surface area (Å²) in [4.78, 5) is 38.2. The van der Waals surface area contributed by atoms with Crippen LogP contribution < -0.4 is 0 Å². The molecule has 1 unspecified atom stereocenters. The lowest BCUT2D eigenvalue weighted by Gasteiger charge is -2.18. The molecule has 0 spiro atoms. The highest BCUT2D eigenvalue weighted by atomic mass is 16.6. The number of carbonyl (C=O) groups excluding carboxylic acids is 3. The predicted molar refractivity (Wildman–Crippen MR) is 297 cm³/mol. The minimum Gasteiger partial charge on any atom is -0.462 e. The molecule has 0 rings (SSSR count). The molecular formula is C63H106O6. The number of carbonyl (C=O) groups is 3. The maximum absolute atomic E-state index is 12.8. The molecule has 1 atom stereocenters. The number of allylic oxidation sites excluding steroid dienone is 16. The highest BCUT2D eigenvalue weighted by Crippen LogP contribution is 2.14. The molecule has 394 valence electrons. The van der Waals surface area contributed by atoms with Gasteiger partial charge in [-0.05, 0) is 122 Å². The van der Waals surface area contributed by atoms with Crippen LogP contribution in [0.2, 0.25) is 0 Å². The van der Waals surface area contributed by atoms with E-state index in [1.54, 1.807) is 0 Å². The first-order valence-corrected chi connectivity index (χ1v) is 28.7. The van der Waals surface area contributed by atoms with Crippen LogP contribution in [-0.2, 0) is 28.6 Å². The van der Waals surface area contributed by atoms with E-state index >= 15 is 0 Å². The maximum atomic E-state index is 12.8. The van der Waals surface area contributed by atoms with E-state index in [2.05, 4.69) is 118 Å². The normalized spacial score (nSPS) is 12.8. The van der Waals surface area contributed by atoms with Crippen molar-refractivity contribution in [2.45, 2.75) is 271 Å². The molecule has 0 saturated carbocycles. The maximum Gasteiger partial charge on any atom is 0.306 e. The van der Waals surface area contributed by atoms with Crippen LogP contribution in [0.4, 0.5) is 0 Å². The Morgan fingerprint density at radius 2 is 0.565 bits per heavy atom. The van der Waals surface area contributed by atoms with Gasteiger partial charge in [-0.3, -0.25) is 14.4 Å². The zero-order valence-electron chi connectivity index (χ0n) is 45.0. The van der Waals surface area contributed by atoms with Crippen molar-refractivity contribution < 1.29 is 28.6 Å². The molecule has 6 nitrogen and oxygen atoms in total. The molecule has 0 aliphatic heterocycles. The molecule has 0 aliphatic rings. The largest absolute Gasteiger partial charge is 0.462 e. The molecule has 0 bridgehead atoms. The van der Waals surface area contributed by atoms with E-state index in [9.17, 15) is 14.4 Å². The van der Waals surface area contributed by atoms with E-state index in [1.807, 2.05) is 0 Å². The minimum absolute atomic E-state index is 0.0926. The molecule has 0 N–H and O–H groups in total. The van der Waals surface area contributed by atoms with E-state index in [0.717, 1.165) is 141 Å². The van der Waals surface area contributed by atoms with E-state index in [-0.39, 0.29) is 31.1 Å². The fourth-order valence-corrected chi connectivity index (χ4v) is 7.73. The summed E-state index contributed by atoms with van der Waals surface area (Å²) < 4.78 is 16.8. The average Bonchev–Trinajstić information content (AvgIpc) is 3.35. The molecule has 0 heterocycles. The number of hydrogen-bond donors (Lipinski definition) is 0. The Labute approximate surface area is 426 Å². The molecule has 0 radical (unpaired) electrons. The lowest BCUT2D eigenvalue weighted by molar-refractivity contribution is -0.167. The molecular weight excluding hydrogens is 853 g/mol. The van der Waals surface area contributed by atoms with Crippen LogP contribution in [0.25, 0.3) is 0 Å². The van der Waals surface area contributed by atoms with Crippen LogP contribution in [0.5, 0.6) is 0 Å². The summed E-state index contributed by atoms with van der Waals surface area (Å²) in [5.74, 6) is -0.925. The van der Waals surface area contributed by atoms with E-state index in [4.69, 9.17) is 14.2 Å². The van der Waals surface area contributed by atoms with Crippen molar-refractivity contribution in [3.05, 3.63) is 97.2 Å². The Hall–Kier alpha value is -3.67. The number of esters is 3. The van der Waals surface area contributed by atoms with Gasteiger partial charge >= 0.3 is 17.9 Å². The Bertz CT molecular complexity index is 1380. The Balaban J connectivity index is 4.42. The molecule has 0 aromatic rings. The van der Waals surface area contributed by atoms with Crippen molar-refractivity contribution in [1.82, 2.24) is 0 Å². The standard InChI is InChI=1S/C63H106O6/c1-4-7-10-13-16-19-22-25-28-29-30-31-32-33-36-38-41-44-47-50-53-56-62(65)68-59-60(69-63(66)57-54-51-48-45-42-39-35-27-24-21-18-15-12-9-6-3)58-67-61(64)55-52-49-46-43-40-37-34-26-23-20-17-14-11-8-5-2/h7,10,16-21,25-28,30-31,34-35,60H,4-6,8-9,11-15,22-24,29,32-33,36-59H2,1-3H3/b10-7-,19-16-,20-17-,21-18-,28-25-,31-30-,34-26-,35-27-. The molecule has 0 aliphatic carbocycles. The molecule has 0 aromatic carbocycles. The van der Waals surface area contributed by atoms with Crippen molar-refractivity contribution in [1.29, 1.82) is 0 Å². The van der Waals surface area contributed by atoms with Gasteiger partial charge in [0.15, 0.2) is 6.10 Å². The van der Waals surface area contributed by atoms with E-state index < -0.39 is 6.10 Å². The lowest BCUT2D eigenvalue weighted by atomic mass is 10.1. The summed E-state index contributed by atoms with van der Waals surface area (Å²) in [7, 11) is 0. The van der Waals surface area contributed by atoms with Gasteiger partial charge in [-0.1, -0.05) is 221 Å². The molecule has 6 heteroatoms. The molecule has 0 amide bonds. The van der Waals surface area contributed by atoms with Crippen LogP contribution in [0, 0.1) is 0 Å². The van der Waals surface area contributed by atoms with Gasteiger partial charge in [-0.2, -0.15) is 0 Å². The smallest absolute Gasteiger partial charge is 0.306 e. The van der Waals surface area contributed by atoms with Crippen molar-refractivity contribution >= 4 is 17.9 Å². The first-order valence-electron chi connectivity index (χ1n) is 28.7. The first kappa shape index (κ1) is 65.3. The third-order valence-electron chi connectivity index (χ3n) is 12.0. The molecule has 69 heavy (non-hydrogen) atoms.